The molecule has 3 nitrogen and oxygen atoms in total. The molecule has 0 saturated carbocycles. The first-order valence-corrected chi connectivity index (χ1v) is 11.1. The molecule has 5 rings (SSSR count). The van der Waals surface area contributed by atoms with Gasteiger partial charge in [0, 0.05) is 10.5 Å². The summed E-state index contributed by atoms with van der Waals surface area (Å²) in [4.78, 5) is 0. The van der Waals surface area contributed by atoms with Crippen LogP contribution in [0.15, 0.2) is 82.5 Å². The SMILES string of the molecule is CC(C)Cc1ccc(-c2ccc3oc(C4=C[N+](Cc5c(F)cccc5Cl)=N4)cc3c2)cc1. The molecule has 0 spiro atoms. The number of rotatable bonds is 6. The van der Waals surface area contributed by atoms with E-state index in [1.807, 2.05) is 18.3 Å². The molecule has 1 aliphatic rings. The Morgan fingerprint density at radius 1 is 1.00 bits per heavy atom. The lowest BCUT2D eigenvalue weighted by molar-refractivity contribution is -0.554. The van der Waals surface area contributed by atoms with Gasteiger partial charge in [-0.05, 0) is 59.4 Å². The van der Waals surface area contributed by atoms with E-state index in [9.17, 15) is 4.39 Å². The molecule has 0 aliphatic carbocycles. The third-order valence-electron chi connectivity index (χ3n) is 5.59. The molecule has 2 heterocycles. The highest BCUT2D eigenvalue weighted by atomic mass is 35.5. The third-order valence-corrected chi connectivity index (χ3v) is 5.94. The van der Waals surface area contributed by atoms with Gasteiger partial charge in [-0.1, -0.05) is 66.5 Å². The van der Waals surface area contributed by atoms with E-state index >= 15 is 0 Å². The third kappa shape index (κ3) is 4.11. The van der Waals surface area contributed by atoms with Gasteiger partial charge in [-0.15, -0.1) is 0 Å². The Kier molecular flexibility index (Phi) is 5.40. The molecule has 0 fully saturated rings. The van der Waals surface area contributed by atoms with Crippen molar-refractivity contribution in [2.24, 2.45) is 11.0 Å². The lowest BCUT2D eigenvalue weighted by Crippen LogP contribution is -2.11. The highest BCUT2D eigenvalue weighted by Gasteiger charge is 2.26. The Morgan fingerprint density at radius 3 is 2.47 bits per heavy atom. The summed E-state index contributed by atoms with van der Waals surface area (Å²) in [6.07, 6.45) is 2.93. The number of benzene rings is 3. The molecular formula is C27H23ClFN2O+. The molecule has 0 saturated heterocycles. The van der Waals surface area contributed by atoms with Crippen LogP contribution in [0.4, 0.5) is 4.39 Å². The van der Waals surface area contributed by atoms with Crippen LogP contribution in [0.25, 0.3) is 27.8 Å². The van der Waals surface area contributed by atoms with Crippen LogP contribution in [-0.4, -0.2) is 4.70 Å². The van der Waals surface area contributed by atoms with E-state index in [0.717, 1.165) is 28.7 Å². The zero-order valence-corrected chi connectivity index (χ0v) is 18.7. The topological polar surface area (TPSA) is 28.5 Å². The van der Waals surface area contributed by atoms with Crippen LogP contribution < -0.4 is 0 Å². The van der Waals surface area contributed by atoms with E-state index in [1.165, 1.54) is 17.2 Å². The van der Waals surface area contributed by atoms with E-state index in [4.69, 9.17) is 16.0 Å². The first-order chi connectivity index (χ1) is 15.5. The Morgan fingerprint density at radius 2 is 1.75 bits per heavy atom. The number of hydrogen-bond acceptors (Lipinski definition) is 2. The fourth-order valence-corrected chi connectivity index (χ4v) is 4.19. The van der Waals surface area contributed by atoms with Crippen LogP contribution in [0.3, 0.4) is 0 Å². The molecule has 160 valence electrons. The normalized spacial score (nSPS) is 13.3. The Labute approximate surface area is 191 Å². The standard InChI is InChI=1S/C27H23ClFN2O/c1-17(2)12-18-6-8-19(9-7-18)20-10-11-26-21(13-20)14-27(32-26)25-16-31(30-25)15-22-23(28)4-3-5-24(22)29/h3-11,13-14,16-17H,12,15H2,1-2H3/q+1. The molecule has 0 unspecified atom stereocenters. The second kappa shape index (κ2) is 8.36. The predicted octanol–water partition coefficient (Wildman–Crippen LogP) is 8.07. The lowest BCUT2D eigenvalue weighted by Gasteiger charge is -2.07. The van der Waals surface area contributed by atoms with Gasteiger partial charge >= 0.3 is 0 Å². The van der Waals surface area contributed by atoms with E-state index in [0.29, 0.717) is 22.3 Å². The fraction of sp³-hybridized carbons (Fsp3) is 0.185. The number of azo groups is 2. The van der Waals surface area contributed by atoms with Gasteiger partial charge in [0.15, 0.2) is 5.76 Å². The van der Waals surface area contributed by atoms with Gasteiger partial charge in [0.25, 0.3) is 0 Å². The quantitative estimate of drug-likeness (QED) is 0.276. The molecule has 1 aromatic heterocycles. The zero-order valence-electron chi connectivity index (χ0n) is 18.0. The van der Waals surface area contributed by atoms with E-state index in [1.54, 1.807) is 16.8 Å². The van der Waals surface area contributed by atoms with Crippen molar-refractivity contribution in [1.29, 1.82) is 0 Å². The Hall–Kier alpha value is -3.24. The molecule has 1 aliphatic heterocycles. The second-order valence-corrected chi connectivity index (χ2v) is 8.98. The van der Waals surface area contributed by atoms with Gasteiger partial charge < -0.3 is 4.42 Å². The monoisotopic (exact) mass is 445 g/mol. The lowest BCUT2D eigenvalue weighted by atomic mass is 9.98. The molecular weight excluding hydrogens is 423 g/mol. The minimum absolute atomic E-state index is 0.284. The number of furan rings is 1. The molecule has 0 atom stereocenters. The minimum atomic E-state index is -0.331. The molecule has 32 heavy (non-hydrogen) atoms. The maximum absolute atomic E-state index is 14.0. The van der Waals surface area contributed by atoms with Gasteiger partial charge in [-0.3, -0.25) is 0 Å². The summed E-state index contributed by atoms with van der Waals surface area (Å²) < 4.78 is 21.6. The Balaban J connectivity index is 1.33. The van der Waals surface area contributed by atoms with Crippen molar-refractivity contribution in [3.05, 3.63) is 101 Å². The first-order valence-electron chi connectivity index (χ1n) is 10.7. The van der Waals surface area contributed by atoms with Gasteiger partial charge in [0.05, 0.1) is 10.6 Å². The van der Waals surface area contributed by atoms with E-state index in [-0.39, 0.29) is 12.4 Å². The maximum Gasteiger partial charge on any atom is 0.238 e. The average molecular weight is 446 g/mol. The fourth-order valence-electron chi connectivity index (χ4n) is 3.97. The number of nitrogens with zero attached hydrogens (tertiary/aromatic N) is 2. The highest BCUT2D eigenvalue weighted by molar-refractivity contribution is 6.31. The first kappa shape index (κ1) is 20.7. The van der Waals surface area contributed by atoms with Crippen molar-refractivity contribution in [3.8, 4) is 11.1 Å². The minimum Gasteiger partial charge on any atom is -0.454 e. The van der Waals surface area contributed by atoms with Gasteiger partial charge in [0.1, 0.15) is 11.4 Å². The van der Waals surface area contributed by atoms with Crippen LogP contribution in [0.2, 0.25) is 5.02 Å². The maximum atomic E-state index is 14.0. The van der Waals surface area contributed by atoms with Crippen molar-refractivity contribution in [2.75, 3.05) is 0 Å². The molecule has 3 aromatic carbocycles. The molecule has 0 bridgehead atoms. The molecule has 0 N–H and O–H groups in total. The van der Waals surface area contributed by atoms with Gasteiger partial charge in [-0.2, -0.15) is 0 Å². The van der Waals surface area contributed by atoms with Crippen molar-refractivity contribution in [1.82, 2.24) is 0 Å². The zero-order chi connectivity index (χ0) is 22.2. The summed E-state index contributed by atoms with van der Waals surface area (Å²) in [6.45, 7) is 4.75. The molecule has 0 amide bonds. The van der Waals surface area contributed by atoms with Crippen LogP contribution in [-0.2, 0) is 13.0 Å². The number of hydrogen-bond donors (Lipinski definition) is 0. The van der Waals surface area contributed by atoms with Crippen molar-refractivity contribution < 1.29 is 13.5 Å². The average Bonchev–Trinajstić information content (AvgIpc) is 3.15. The summed E-state index contributed by atoms with van der Waals surface area (Å²) in [5.74, 6) is 1.01. The van der Waals surface area contributed by atoms with E-state index in [2.05, 4.69) is 55.4 Å². The summed E-state index contributed by atoms with van der Waals surface area (Å²) >= 11 is 6.11. The molecule has 4 aromatic rings. The van der Waals surface area contributed by atoms with Crippen LogP contribution in [0.5, 0.6) is 0 Å². The van der Waals surface area contributed by atoms with Crippen molar-refractivity contribution in [3.63, 3.8) is 0 Å². The second-order valence-electron chi connectivity index (χ2n) is 8.57. The summed E-state index contributed by atoms with van der Waals surface area (Å²) in [7, 11) is 0. The number of halogens is 2. The van der Waals surface area contributed by atoms with Crippen LogP contribution in [0, 0.1) is 11.7 Å². The smallest absolute Gasteiger partial charge is 0.238 e. The van der Waals surface area contributed by atoms with E-state index < -0.39 is 0 Å². The summed E-state index contributed by atoms with van der Waals surface area (Å²) in [5, 5.41) is 5.88. The number of fused-ring (bicyclic) bond motifs is 1. The molecule has 5 heteroatoms. The summed E-state index contributed by atoms with van der Waals surface area (Å²) in [5.41, 5.74) is 5.66. The van der Waals surface area contributed by atoms with Crippen molar-refractivity contribution in [2.45, 2.75) is 26.8 Å². The van der Waals surface area contributed by atoms with Gasteiger partial charge in [0.2, 0.25) is 18.4 Å². The largest absolute Gasteiger partial charge is 0.454 e. The van der Waals surface area contributed by atoms with Crippen molar-refractivity contribution >= 4 is 28.3 Å². The van der Waals surface area contributed by atoms with Crippen LogP contribution in [0.1, 0.15) is 30.7 Å². The predicted molar refractivity (Wildman–Crippen MR) is 126 cm³/mol. The Bertz CT molecular complexity index is 1350. The summed E-state index contributed by atoms with van der Waals surface area (Å²) in [6, 6.07) is 21.6. The highest BCUT2D eigenvalue weighted by Crippen LogP contribution is 2.33. The van der Waals surface area contributed by atoms with Crippen LogP contribution >= 0.6 is 11.6 Å². The molecule has 0 radical (unpaired) electrons. The van der Waals surface area contributed by atoms with Gasteiger partial charge in [-0.25, -0.2) is 4.39 Å².